The molecule has 0 spiro atoms. The number of amides is 1. The van der Waals surface area contributed by atoms with E-state index in [0.29, 0.717) is 37.2 Å². The molecule has 1 aliphatic rings. The number of nitrogens with one attached hydrogen (secondary N) is 2. The highest BCUT2D eigenvalue weighted by atomic mass is 35.5. The molecule has 0 unspecified atom stereocenters. The quantitative estimate of drug-likeness (QED) is 0.484. The number of fused-ring (bicyclic) bond motifs is 1. The molecule has 0 bridgehead atoms. The average molecular weight is 457 g/mol. The van der Waals surface area contributed by atoms with Crippen LogP contribution in [0.3, 0.4) is 0 Å². The summed E-state index contributed by atoms with van der Waals surface area (Å²) in [6, 6.07) is 7.24. The minimum absolute atomic E-state index is 0.0493. The number of esters is 1. The highest BCUT2D eigenvalue weighted by molar-refractivity contribution is 6.33. The third-order valence-electron chi connectivity index (χ3n) is 4.96. The minimum Gasteiger partial charge on any atom is -0.506 e. The first-order chi connectivity index (χ1) is 14.6. The van der Waals surface area contributed by atoms with Crippen molar-refractivity contribution in [2.75, 3.05) is 19.6 Å². The first-order valence-corrected chi connectivity index (χ1v) is 9.93. The summed E-state index contributed by atoms with van der Waals surface area (Å²) in [6.07, 6.45) is -4.56. The first kappa shape index (κ1) is 22.9. The van der Waals surface area contributed by atoms with Gasteiger partial charge in [-0.25, -0.2) is 4.79 Å². The number of halogens is 4. The number of phenols is 1. The predicted octanol–water partition coefficient (Wildman–Crippen LogP) is 3.54. The zero-order chi connectivity index (χ0) is 22.8. The van der Waals surface area contributed by atoms with Crippen LogP contribution in [-0.4, -0.2) is 42.8 Å². The van der Waals surface area contributed by atoms with Gasteiger partial charge in [-0.1, -0.05) is 23.7 Å². The molecule has 0 saturated carbocycles. The third kappa shape index (κ3) is 4.94. The Labute approximate surface area is 181 Å². The lowest BCUT2D eigenvalue weighted by molar-refractivity contribution is -0.189. The Balaban J connectivity index is 1.98. The average Bonchev–Trinajstić information content (AvgIpc) is 2.93. The molecule has 2 aromatic carbocycles. The summed E-state index contributed by atoms with van der Waals surface area (Å²) >= 11 is 6.39. The Hall–Kier alpha value is -2.78. The highest BCUT2D eigenvalue weighted by Gasteiger charge is 2.41. The molecule has 1 heterocycles. The molecular weight excluding hydrogens is 437 g/mol. The van der Waals surface area contributed by atoms with E-state index in [-0.39, 0.29) is 28.0 Å². The molecule has 1 amide bonds. The Bertz CT molecular complexity index is 994. The maximum atomic E-state index is 12.4. The van der Waals surface area contributed by atoms with Gasteiger partial charge in [0.15, 0.2) is 0 Å². The van der Waals surface area contributed by atoms with Gasteiger partial charge in [-0.2, -0.15) is 13.2 Å². The Morgan fingerprint density at radius 1 is 1.29 bits per heavy atom. The van der Waals surface area contributed by atoms with Crippen molar-refractivity contribution < 1.29 is 32.6 Å². The van der Waals surface area contributed by atoms with E-state index in [4.69, 9.17) is 11.6 Å². The number of hydrogen-bond acceptors (Lipinski definition) is 5. The molecule has 3 N–H and O–H groups in total. The number of phenolic OH excluding ortho intramolecular Hbond substituents is 1. The minimum atomic E-state index is -5.09. The fraction of sp³-hybridized carbons (Fsp3) is 0.333. The second kappa shape index (κ2) is 9.15. The summed E-state index contributed by atoms with van der Waals surface area (Å²) in [5.41, 5.74) is 2.18. The van der Waals surface area contributed by atoms with Crippen LogP contribution >= 0.6 is 11.6 Å². The molecule has 1 atom stereocenters. The lowest BCUT2D eigenvalue weighted by Gasteiger charge is -2.21. The summed E-state index contributed by atoms with van der Waals surface area (Å²) < 4.78 is 41.5. The lowest BCUT2D eigenvalue weighted by atomic mass is 9.86. The van der Waals surface area contributed by atoms with Crippen LogP contribution in [0.5, 0.6) is 11.5 Å². The maximum absolute atomic E-state index is 12.4. The number of ether oxygens (including phenoxy) is 1. The molecule has 0 aromatic heterocycles. The van der Waals surface area contributed by atoms with Crippen LogP contribution in [0.1, 0.15) is 39.9 Å². The van der Waals surface area contributed by atoms with Gasteiger partial charge in [0.05, 0.1) is 10.6 Å². The standard InChI is InChI=1S/C21H20ClF3N2O4/c1-2-27-19(29)15-9-14-13(17(22)18(15)28)7-8-26-10-16(14)11-3-5-12(6-4-11)31-20(30)21(23,24)25/h3-6,9,16,26,28H,2,7-8,10H2,1H3,(H,27,29)/t16-/m1/s1. The molecule has 2 aromatic rings. The van der Waals surface area contributed by atoms with Gasteiger partial charge in [0.25, 0.3) is 5.91 Å². The van der Waals surface area contributed by atoms with Crippen molar-refractivity contribution in [2.45, 2.75) is 25.4 Å². The van der Waals surface area contributed by atoms with Crippen molar-refractivity contribution in [3.8, 4) is 11.5 Å². The lowest BCUT2D eigenvalue weighted by Crippen LogP contribution is -2.28. The van der Waals surface area contributed by atoms with Crippen LogP contribution in [-0.2, 0) is 11.2 Å². The number of hydrogen-bond donors (Lipinski definition) is 3. The number of benzene rings is 2. The molecule has 0 aliphatic carbocycles. The van der Waals surface area contributed by atoms with Gasteiger partial charge in [-0.05, 0) is 54.8 Å². The van der Waals surface area contributed by atoms with Crippen LogP contribution in [0.25, 0.3) is 0 Å². The van der Waals surface area contributed by atoms with E-state index >= 15 is 0 Å². The fourth-order valence-corrected chi connectivity index (χ4v) is 3.80. The summed E-state index contributed by atoms with van der Waals surface area (Å²) in [4.78, 5) is 23.4. The zero-order valence-corrected chi connectivity index (χ0v) is 17.2. The van der Waals surface area contributed by atoms with Crippen molar-refractivity contribution in [1.82, 2.24) is 10.6 Å². The van der Waals surface area contributed by atoms with Gasteiger partial charge >= 0.3 is 12.1 Å². The van der Waals surface area contributed by atoms with Crippen LogP contribution in [0.15, 0.2) is 30.3 Å². The molecule has 31 heavy (non-hydrogen) atoms. The maximum Gasteiger partial charge on any atom is 0.491 e. The monoisotopic (exact) mass is 456 g/mol. The SMILES string of the molecule is CCNC(=O)c1cc2c(c(Cl)c1O)CCNC[C@@H]2c1ccc(OC(=O)C(F)(F)F)cc1. The smallest absolute Gasteiger partial charge is 0.491 e. The van der Waals surface area contributed by atoms with E-state index in [9.17, 15) is 27.9 Å². The van der Waals surface area contributed by atoms with Crippen LogP contribution in [0, 0.1) is 0 Å². The van der Waals surface area contributed by atoms with E-state index in [1.54, 1.807) is 25.1 Å². The second-order valence-electron chi connectivity index (χ2n) is 6.98. The summed E-state index contributed by atoms with van der Waals surface area (Å²) in [6.45, 7) is 3.19. The number of alkyl halides is 3. The molecule has 1 aliphatic heterocycles. The Morgan fingerprint density at radius 2 is 1.97 bits per heavy atom. The van der Waals surface area contributed by atoms with E-state index in [1.807, 2.05) is 0 Å². The van der Waals surface area contributed by atoms with E-state index in [1.165, 1.54) is 12.1 Å². The summed E-state index contributed by atoms with van der Waals surface area (Å²) in [7, 11) is 0. The van der Waals surface area contributed by atoms with Gasteiger partial charge in [-0.3, -0.25) is 4.79 Å². The number of aromatic hydroxyl groups is 1. The van der Waals surface area contributed by atoms with Crippen molar-refractivity contribution in [3.05, 3.63) is 57.6 Å². The number of rotatable bonds is 4. The summed E-state index contributed by atoms with van der Waals surface area (Å²) in [5, 5.41) is 16.4. The Kier molecular flexibility index (Phi) is 6.76. The van der Waals surface area contributed by atoms with Crippen molar-refractivity contribution >= 4 is 23.5 Å². The third-order valence-corrected chi connectivity index (χ3v) is 5.37. The molecule has 166 valence electrons. The zero-order valence-electron chi connectivity index (χ0n) is 16.5. The van der Waals surface area contributed by atoms with Gasteiger partial charge in [0.2, 0.25) is 0 Å². The molecule has 10 heteroatoms. The topological polar surface area (TPSA) is 87.7 Å². The van der Waals surface area contributed by atoms with Gasteiger partial charge in [0, 0.05) is 19.0 Å². The molecule has 0 saturated heterocycles. The molecule has 0 radical (unpaired) electrons. The Morgan fingerprint density at radius 3 is 2.58 bits per heavy atom. The molecule has 3 rings (SSSR count). The van der Waals surface area contributed by atoms with Gasteiger partial charge in [0.1, 0.15) is 11.5 Å². The van der Waals surface area contributed by atoms with Crippen molar-refractivity contribution in [2.24, 2.45) is 0 Å². The molecule has 0 fully saturated rings. The van der Waals surface area contributed by atoms with Gasteiger partial charge in [-0.15, -0.1) is 0 Å². The van der Waals surface area contributed by atoms with Crippen LogP contribution in [0.4, 0.5) is 13.2 Å². The summed E-state index contributed by atoms with van der Waals surface area (Å²) in [5.74, 6) is -3.58. The van der Waals surface area contributed by atoms with E-state index in [0.717, 1.165) is 5.56 Å². The largest absolute Gasteiger partial charge is 0.506 e. The fourth-order valence-electron chi connectivity index (χ4n) is 3.49. The normalized spacial score (nSPS) is 16.2. The van der Waals surface area contributed by atoms with E-state index < -0.39 is 18.1 Å². The second-order valence-corrected chi connectivity index (χ2v) is 7.35. The van der Waals surface area contributed by atoms with Crippen molar-refractivity contribution in [3.63, 3.8) is 0 Å². The number of carbonyl (C=O) groups excluding carboxylic acids is 2. The van der Waals surface area contributed by atoms with Gasteiger partial charge < -0.3 is 20.5 Å². The highest BCUT2D eigenvalue weighted by Crippen LogP contribution is 2.40. The van der Waals surface area contributed by atoms with E-state index in [2.05, 4.69) is 15.4 Å². The van der Waals surface area contributed by atoms with Crippen LogP contribution in [0.2, 0.25) is 5.02 Å². The molecule has 6 nitrogen and oxygen atoms in total. The molecular formula is C21H20ClF3N2O4. The number of carbonyl (C=O) groups is 2. The predicted molar refractivity (Wildman–Crippen MR) is 108 cm³/mol. The van der Waals surface area contributed by atoms with Crippen LogP contribution < -0.4 is 15.4 Å². The first-order valence-electron chi connectivity index (χ1n) is 9.55. The van der Waals surface area contributed by atoms with Crippen molar-refractivity contribution in [1.29, 1.82) is 0 Å².